The minimum Gasteiger partial charge on any atom is -0.314 e. The van der Waals surface area contributed by atoms with Crippen LogP contribution in [0.1, 0.15) is 52.9 Å². The second kappa shape index (κ2) is 10.6. The lowest BCUT2D eigenvalue weighted by Crippen LogP contribution is -2.31. The molecule has 1 N–H and O–H groups in total. The Morgan fingerprint density at radius 3 is 1.95 bits per heavy atom. The third-order valence-corrected chi connectivity index (χ3v) is 4.20. The van der Waals surface area contributed by atoms with E-state index in [0.717, 1.165) is 6.04 Å². The van der Waals surface area contributed by atoms with Gasteiger partial charge in [0.15, 0.2) is 0 Å². The van der Waals surface area contributed by atoms with E-state index in [1.807, 2.05) is 0 Å². The van der Waals surface area contributed by atoms with Gasteiger partial charge in [0.2, 0.25) is 0 Å². The van der Waals surface area contributed by atoms with E-state index in [2.05, 4.69) is 35.9 Å². The highest BCUT2D eigenvalue weighted by atomic mass is 15.1. The van der Waals surface area contributed by atoms with Gasteiger partial charge in [0, 0.05) is 6.04 Å². The van der Waals surface area contributed by atoms with Crippen molar-refractivity contribution in [1.82, 2.24) is 15.1 Å². The predicted molar refractivity (Wildman–Crippen MR) is 84.8 cm³/mol. The molecule has 0 radical (unpaired) electrons. The van der Waals surface area contributed by atoms with Gasteiger partial charge in [-0.25, -0.2) is 0 Å². The van der Waals surface area contributed by atoms with Gasteiger partial charge in [-0.3, -0.25) is 0 Å². The summed E-state index contributed by atoms with van der Waals surface area (Å²) in [6, 6.07) is 0.872. The molecule has 0 aromatic carbocycles. The van der Waals surface area contributed by atoms with Crippen molar-refractivity contribution in [3.8, 4) is 0 Å². The first-order valence-electron chi connectivity index (χ1n) is 8.48. The molecule has 0 bridgehead atoms. The highest BCUT2D eigenvalue weighted by Gasteiger charge is 2.19. The molecule has 0 atom stereocenters. The number of nitrogens with zero attached hydrogens (tertiary/aromatic N) is 2. The largest absolute Gasteiger partial charge is 0.314 e. The van der Waals surface area contributed by atoms with Crippen LogP contribution in [0.3, 0.4) is 0 Å². The molecule has 1 rings (SSSR count). The number of unbranched alkanes of at least 4 members (excludes halogenated alkanes) is 1. The van der Waals surface area contributed by atoms with Crippen LogP contribution in [0.15, 0.2) is 0 Å². The average molecular weight is 269 g/mol. The summed E-state index contributed by atoms with van der Waals surface area (Å²) in [5.41, 5.74) is 0. The van der Waals surface area contributed by atoms with Gasteiger partial charge in [-0.2, -0.15) is 0 Å². The van der Waals surface area contributed by atoms with E-state index in [0.29, 0.717) is 0 Å². The SMILES string of the molecule is CCN(CC)CCCN(CC)CCCCNC1CC1. The minimum atomic E-state index is 0.872. The Balaban J connectivity index is 1.94. The molecule has 0 spiro atoms. The first-order valence-corrected chi connectivity index (χ1v) is 8.48. The Kier molecular flexibility index (Phi) is 9.48. The topological polar surface area (TPSA) is 18.5 Å². The maximum atomic E-state index is 3.60. The van der Waals surface area contributed by atoms with Crippen LogP contribution in [0.4, 0.5) is 0 Å². The second-order valence-corrected chi connectivity index (χ2v) is 5.75. The van der Waals surface area contributed by atoms with Crippen molar-refractivity contribution in [3.63, 3.8) is 0 Å². The number of hydrogen-bond acceptors (Lipinski definition) is 3. The summed E-state index contributed by atoms with van der Waals surface area (Å²) in [6.07, 6.45) is 6.82. The summed E-state index contributed by atoms with van der Waals surface area (Å²) < 4.78 is 0. The molecule has 1 aliphatic rings. The molecule has 3 nitrogen and oxygen atoms in total. The standard InChI is InChI=1S/C16H35N3/c1-4-18(5-2)14-9-15-19(6-3)13-8-7-12-17-16-10-11-16/h16-17H,4-15H2,1-3H3. The van der Waals surface area contributed by atoms with Crippen molar-refractivity contribution < 1.29 is 0 Å². The van der Waals surface area contributed by atoms with Crippen molar-refractivity contribution in [2.75, 3.05) is 45.8 Å². The van der Waals surface area contributed by atoms with E-state index >= 15 is 0 Å². The fourth-order valence-corrected chi connectivity index (χ4v) is 2.54. The lowest BCUT2D eigenvalue weighted by molar-refractivity contribution is 0.240. The van der Waals surface area contributed by atoms with Gasteiger partial charge in [-0.15, -0.1) is 0 Å². The van der Waals surface area contributed by atoms with Gasteiger partial charge in [0.05, 0.1) is 0 Å². The monoisotopic (exact) mass is 269 g/mol. The van der Waals surface area contributed by atoms with Crippen LogP contribution in [0.25, 0.3) is 0 Å². The Morgan fingerprint density at radius 2 is 1.37 bits per heavy atom. The summed E-state index contributed by atoms with van der Waals surface area (Å²) in [5.74, 6) is 0. The molecule has 1 aliphatic carbocycles. The van der Waals surface area contributed by atoms with Crippen molar-refractivity contribution in [1.29, 1.82) is 0 Å². The van der Waals surface area contributed by atoms with E-state index in [9.17, 15) is 0 Å². The summed E-state index contributed by atoms with van der Waals surface area (Å²) >= 11 is 0. The molecule has 114 valence electrons. The average Bonchev–Trinajstić information content (AvgIpc) is 3.25. The first kappa shape index (κ1) is 16.9. The van der Waals surface area contributed by atoms with E-state index in [1.54, 1.807) is 0 Å². The zero-order valence-corrected chi connectivity index (χ0v) is 13.5. The van der Waals surface area contributed by atoms with Crippen LogP contribution in [0.2, 0.25) is 0 Å². The van der Waals surface area contributed by atoms with E-state index < -0.39 is 0 Å². The molecule has 19 heavy (non-hydrogen) atoms. The van der Waals surface area contributed by atoms with Gasteiger partial charge in [-0.1, -0.05) is 20.8 Å². The molecule has 0 aromatic rings. The first-order chi connectivity index (χ1) is 9.30. The lowest BCUT2D eigenvalue weighted by Gasteiger charge is -2.23. The molecule has 0 amide bonds. The third-order valence-electron chi connectivity index (χ3n) is 4.20. The highest BCUT2D eigenvalue weighted by Crippen LogP contribution is 2.18. The van der Waals surface area contributed by atoms with E-state index in [4.69, 9.17) is 0 Å². The Bertz CT molecular complexity index is 200. The Morgan fingerprint density at radius 1 is 0.789 bits per heavy atom. The number of hydrogen-bond donors (Lipinski definition) is 1. The van der Waals surface area contributed by atoms with Gasteiger partial charge in [0.1, 0.15) is 0 Å². The summed E-state index contributed by atoms with van der Waals surface area (Å²) in [7, 11) is 0. The van der Waals surface area contributed by atoms with Crippen molar-refractivity contribution in [2.24, 2.45) is 0 Å². The second-order valence-electron chi connectivity index (χ2n) is 5.75. The van der Waals surface area contributed by atoms with Crippen molar-refractivity contribution in [3.05, 3.63) is 0 Å². The van der Waals surface area contributed by atoms with Crippen molar-refractivity contribution in [2.45, 2.75) is 58.9 Å². The maximum absolute atomic E-state index is 3.60. The van der Waals surface area contributed by atoms with E-state index in [-0.39, 0.29) is 0 Å². The fraction of sp³-hybridized carbons (Fsp3) is 1.00. The molecule has 0 aromatic heterocycles. The zero-order valence-electron chi connectivity index (χ0n) is 13.5. The molecule has 3 heteroatoms. The van der Waals surface area contributed by atoms with Crippen LogP contribution in [0, 0.1) is 0 Å². The lowest BCUT2D eigenvalue weighted by atomic mass is 10.2. The predicted octanol–water partition coefficient (Wildman–Crippen LogP) is 2.57. The molecule has 1 fully saturated rings. The summed E-state index contributed by atoms with van der Waals surface area (Å²) in [4.78, 5) is 5.13. The molecule has 0 aliphatic heterocycles. The normalized spacial score (nSPS) is 15.6. The quantitative estimate of drug-likeness (QED) is 0.519. The van der Waals surface area contributed by atoms with Gasteiger partial charge < -0.3 is 15.1 Å². The maximum Gasteiger partial charge on any atom is 0.00682 e. The smallest absolute Gasteiger partial charge is 0.00682 e. The number of rotatable bonds is 13. The summed E-state index contributed by atoms with van der Waals surface area (Å²) in [5, 5.41) is 3.60. The van der Waals surface area contributed by atoms with Crippen LogP contribution in [0.5, 0.6) is 0 Å². The molecule has 0 unspecified atom stereocenters. The fourth-order valence-electron chi connectivity index (χ4n) is 2.54. The third kappa shape index (κ3) is 8.61. The Hall–Kier alpha value is -0.120. The van der Waals surface area contributed by atoms with Gasteiger partial charge >= 0.3 is 0 Å². The molecule has 0 saturated heterocycles. The van der Waals surface area contributed by atoms with Crippen LogP contribution in [-0.4, -0.2) is 61.7 Å². The van der Waals surface area contributed by atoms with Crippen LogP contribution >= 0.6 is 0 Å². The van der Waals surface area contributed by atoms with Gasteiger partial charge in [0.25, 0.3) is 0 Å². The zero-order chi connectivity index (χ0) is 13.9. The Labute approximate surface area is 120 Å². The molecule has 0 heterocycles. The van der Waals surface area contributed by atoms with E-state index in [1.165, 1.54) is 77.9 Å². The molecule has 1 saturated carbocycles. The molecular weight excluding hydrogens is 234 g/mol. The van der Waals surface area contributed by atoms with Gasteiger partial charge in [-0.05, 0) is 77.9 Å². The number of nitrogens with one attached hydrogen (secondary N) is 1. The van der Waals surface area contributed by atoms with Crippen molar-refractivity contribution >= 4 is 0 Å². The highest BCUT2D eigenvalue weighted by molar-refractivity contribution is 4.80. The van der Waals surface area contributed by atoms with Crippen LogP contribution < -0.4 is 5.32 Å². The minimum absolute atomic E-state index is 0.872. The van der Waals surface area contributed by atoms with Crippen LogP contribution in [-0.2, 0) is 0 Å². The summed E-state index contributed by atoms with van der Waals surface area (Å²) in [6.45, 7) is 15.4. The molecular formula is C16H35N3.